The van der Waals surface area contributed by atoms with Crippen molar-refractivity contribution < 1.29 is 0 Å². The summed E-state index contributed by atoms with van der Waals surface area (Å²) < 4.78 is 1.17. The maximum absolute atomic E-state index is 6.16. The van der Waals surface area contributed by atoms with Crippen molar-refractivity contribution in [3.63, 3.8) is 0 Å². The SMILES string of the molecule is NCC1CCN(c2nc3c(Cl)cccc3s2)CC1. The van der Waals surface area contributed by atoms with Crippen LogP contribution in [0.25, 0.3) is 10.2 Å². The first-order valence-corrected chi connectivity index (χ1v) is 7.47. The van der Waals surface area contributed by atoms with E-state index < -0.39 is 0 Å². The Kier molecular flexibility index (Phi) is 3.41. The van der Waals surface area contributed by atoms with Crippen molar-refractivity contribution in [3.8, 4) is 0 Å². The van der Waals surface area contributed by atoms with Crippen LogP contribution in [-0.2, 0) is 0 Å². The first-order valence-electron chi connectivity index (χ1n) is 6.28. The Labute approximate surface area is 116 Å². The summed E-state index contributed by atoms with van der Waals surface area (Å²) in [6.45, 7) is 2.91. The molecule has 0 radical (unpaired) electrons. The lowest BCUT2D eigenvalue weighted by Crippen LogP contribution is -2.35. The molecule has 0 aliphatic carbocycles. The zero-order valence-corrected chi connectivity index (χ0v) is 11.7. The molecule has 1 aromatic heterocycles. The van der Waals surface area contributed by atoms with Crippen LogP contribution in [0.2, 0.25) is 5.02 Å². The minimum Gasteiger partial charge on any atom is -0.348 e. The average molecular weight is 282 g/mol. The van der Waals surface area contributed by atoms with Crippen molar-refractivity contribution in [2.45, 2.75) is 12.8 Å². The van der Waals surface area contributed by atoms with Crippen molar-refractivity contribution in [1.82, 2.24) is 4.98 Å². The highest BCUT2D eigenvalue weighted by molar-refractivity contribution is 7.22. The van der Waals surface area contributed by atoms with Gasteiger partial charge in [0.05, 0.1) is 9.72 Å². The predicted octanol–water partition coefficient (Wildman–Crippen LogP) is 3.12. The molecular formula is C13H16ClN3S. The Hall–Kier alpha value is -0.840. The number of thiazole rings is 1. The standard InChI is InChI=1S/C13H16ClN3S/c14-10-2-1-3-11-12(10)16-13(18-11)17-6-4-9(8-15)5-7-17/h1-3,9H,4-8,15H2. The molecule has 18 heavy (non-hydrogen) atoms. The van der Waals surface area contributed by atoms with Crippen molar-refractivity contribution in [3.05, 3.63) is 23.2 Å². The van der Waals surface area contributed by atoms with Gasteiger partial charge in [0.2, 0.25) is 0 Å². The Morgan fingerprint density at radius 2 is 2.17 bits per heavy atom. The second-order valence-corrected chi connectivity index (χ2v) is 6.17. The molecule has 1 aliphatic heterocycles. The van der Waals surface area contributed by atoms with Gasteiger partial charge in [-0.2, -0.15) is 0 Å². The predicted molar refractivity (Wildman–Crippen MR) is 78.6 cm³/mol. The third kappa shape index (κ3) is 2.20. The third-order valence-corrected chi connectivity index (χ3v) is 4.96. The molecule has 1 fully saturated rings. The Morgan fingerprint density at radius 1 is 1.39 bits per heavy atom. The summed E-state index contributed by atoms with van der Waals surface area (Å²) in [4.78, 5) is 7.02. The fraction of sp³-hybridized carbons (Fsp3) is 0.462. The number of nitrogens with two attached hydrogens (primary N) is 1. The number of halogens is 1. The van der Waals surface area contributed by atoms with Crippen LogP contribution >= 0.6 is 22.9 Å². The smallest absolute Gasteiger partial charge is 0.186 e. The molecule has 0 bridgehead atoms. The van der Waals surface area contributed by atoms with Crippen LogP contribution in [0.3, 0.4) is 0 Å². The van der Waals surface area contributed by atoms with E-state index in [0.29, 0.717) is 5.92 Å². The van der Waals surface area contributed by atoms with Gasteiger partial charge in [0.1, 0.15) is 5.52 Å². The normalized spacial score (nSPS) is 17.6. The van der Waals surface area contributed by atoms with E-state index in [0.717, 1.165) is 35.3 Å². The number of piperidine rings is 1. The van der Waals surface area contributed by atoms with E-state index in [1.165, 1.54) is 17.5 Å². The second kappa shape index (κ2) is 5.03. The fourth-order valence-electron chi connectivity index (χ4n) is 2.40. The van der Waals surface area contributed by atoms with Gasteiger partial charge < -0.3 is 10.6 Å². The number of anilines is 1. The van der Waals surface area contributed by atoms with Gasteiger partial charge in [0.25, 0.3) is 0 Å². The molecule has 0 spiro atoms. The van der Waals surface area contributed by atoms with Gasteiger partial charge in [-0.05, 0) is 37.4 Å². The lowest BCUT2D eigenvalue weighted by molar-refractivity contribution is 0.414. The monoisotopic (exact) mass is 281 g/mol. The van der Waals surface area contributed by atoms with Crippen LogP contribution in [0.15, 0.2) is 18.2 Å². The van der Waals surface area contributed by atoms with Gasteiger partial charge in [-0.1, -0.05) is 29.0 Å². The third-order valence-electron chi connectivity index (χ3n) is 3.58. The average Bonchev–Trinajstić information content (AvgIpc) is 2.84. The van der Waals surface area contributed by atoms with E-state index in [4.69, 9.17) is 17.3 Å². The number of para-hydroxylation sites is 1. The molecule has 1 aliphatic rings. The number of rotatable bonds is 2. The number of hydrogen-bond acceptors (Lipinski definition) is 4. The number of hydrogen-bond donors (Lipinski definition) is 1. The van der Waals surface area contributed by atoms with E-state index in [-0.39, 0.29) is 0 Å². The molecule has 0 unspecified atom stereocenters. The van der Waals surface area contributed by atoms with Crippen LogP contribution < -0.4 is 10.6 Å². The summed E-state index contributed by atoms with van der Waals surface area (Å²) in [5.74, 6) is 0.680. The maximum Gasteiger partial charge on any atom is 0.186 e. The van der Waals surface area contributed by atoms with Crippen molar-refractivity contribution in [2.75, 3.05) is 24.5 Å². The van der Waals surface area contributed by atoms with Crippen molar-refractivity contribution >= 4 is 38.3 Å². The van der Waals surface area contributed by atoms with Crippen LogP contribution in [0.1, 0.15) is 12.8 Å². The molecule has 2 aromatic rings. The summed E-state index contributed by atoms with van der Waals surface area (Å²) in [6.07, 6.45) is 2.33. The van der Waals surface area contributed by atoms with Crippen LogP contribution in [0, 0.1) is 5.92 Å². The summed E-state index contributed by atoms with van der Waals surface area (Å²) in [5, 5.41) is 1.83. The van der Waals surface area contributed by atoms with Gasteiger partial charge in [0, 0.05) is 13.1 Å². The minimum atomic E-state index is 0.680. The molecular weight excluding hydrogens is 266 g/mol. The molecule has 1 saturated heterocycles. The lowest BCUT2D eigenvalue weighted by Gasteiger charge is -2.30. The van der Waals surface area contributed by atoms with E-state index in [9.17, 15) is 0 Å². The summed E-state index contributed by atoms with van der Waals surface area (Å²) >= 11 is 7.89. The zero-order chi connectivity index (χ0) is 12.5. The largest absolute Gasteiger partial charge is 0.348 e. The molecule has 0 atom stereocenters. The molecule has 3 nitrogen and oxygen atoms in total. The second-order valence-electron chi connectivity index (χ2n) is 4.75. The lowest BCUT2D eigenvalue weighted by atomic mass is 9.98. The quantitative estimate of drug-likeness (QED) is 0.920. The molecule has 5 heteroatoms. The molecule has 0 saturated carbocycles. The van der Waals surface area contributed by atoms with Gasteiger partial charge >= 0.3 is 0 Å². The highest BCUT2D eigenvalue weighted by atomic mass is 35.5. The molecule has 0 amide bonds. The van der Waals surface area contributed by atoms with E-state index >= 15 is 0 Å². The highest BCUT2D eigenvalue weighted by Gasteiger charge is 2.20. The van der Waals surface area contributed by atoms with Gasteiger partial charge in [-0.3, -0.25) is 0 Å². The fourth-order valence-corrected chi connectivity index (χ4v) is 3.72. The van der Waals surface area contributed by atoms with Gasteiger partial charge in [-0.15, -0.1) is 0 Å². The number of nitrogens with zero attached hydrogens (tertiary/aromatic N) is 2. The number of benzene rings is 1. The maximum atomic E-state index is 6.16. The van der Waals surface area contributed by atoms with E-state index in [1.54, 1.807) is 11.3 Å². The van der Waals surface area contributed by atoms with Gasteiger partial charge in [-0.25, -0.2) is 4.98 Å². The minimum absolute atomic E-state index is 0.680. The van der Waals surface area contributed by atoms with E-state index in [2.05, 4.69) is 16.0 Å². The van der Waals surface area contributed by atoms with E-state index in [1.807, 2.05) is 12.1 Å². The summed E-state index contributed by atoms with van der Waals surface area (Å²) in [6, 6.07) is 5.95. The topological polar surface area (TPSA) is 42.1 Å². The van der Waals surface area contributed by atoms with Crippen molar-refractivity contribution in [1.29, 1.82) is 0 Å². The van der Waals surface area contributed by atoms with Crippen molar-refractivity contribution in [2.24, 2.45) is 11.7 Å². The van der Waals surface area contributed by atoms with Crippen LogP contribution in [0.4, 0.5) is 5.13 Å². The molecule has 96 valence electrons. The molecule has 1 aromatic carbocycles. The Balaban J connectivity index is 1.85. The molecule has 3 rings (SSSR count). The Bertz CT molecular complexity index is 546. The Morgan fingerprint density at radius 3 is 2.83 bits per heavy atom. The first-order chi connectivity index (χ1) is 8.78. The van der Waals surface area contributed by atoms with Crippen LogP contribution in [0.5, 0.6) is 0 Å². The molecule has 2 heterocycles. The molecule has 2 N–H and O–H groups in total. The van der Waals surface area contributed by atoms with Crippen LogP contribution in [-0.4, -0.2) is 24.6 Å². The summed E-state index contributed by atoms with van der Waals surface area (Å²) in [7, 11) is 0. The number of fused-ring (bicyclic) bond motifs is 1. The first kappa shape index (κ1) is 12.2. The highest BCUT2D eigenvalue weighted by Crippen LogP contribution is 2.34. The van der Waals surface area contributed by atoms with Gasteiger partial charge in [0.15, 0.2) is 5.13 Å². The summed E-state index contributed by atoms with van der Waals surface area (Å²) in [5.41, 5.74) is 6.65. The number of aromatic nitrogens is 1. The zero-order valence-electron chi connectivity index (χ0n) is 10.1.